The minimum Gasteiger partial charge on any atom is -0.488 e. The lowest BCUT2D eigenvalue weighted by Gasteiger charge is -2.12. The standard InChI is InChI=1S/C26H28N4O3/c1-17-23(19(3)30(28-17)15-21-10-6-5-7-11-21)14-27-26(31)22-12-8-9-13-25(22)32-16-24-18(2)29-33-20(24)4/h5-13H,14-16H2,1-4H3,(H,27,31). The maximum Gasteiger partial charge on any atom is 0.255 e. The fourth-order valence-electron chi connectivity index (χ4n) is 3.80. The van der Waals surface area contributed by atoms with Gasteiger partial charge < -0.3 is 14.6 Å². The minimum atomic E-state index is -0.195. The average molecular weight is 445 g/mol. The first-order chi connectivity index (χ1) is 15.9. The van der Waals surface area contributed by atoms with Crippen molar-refractivity contribution in [3.05, 3.63) is 99.7 Å². The Morgan fingerprint density at radius 1 is 0.970 bits per heavy atom. The predicted octanol–water partition coefficient (Wildman–Crippen LogP) is 4.66. The SMILES string of the molecule is Cc1noc(C)c1COc1ccccc1C(=O)NCc1c(C)nn(Cc2ccccc2)c1C. The Labute approximate surface area is 193 Å². The maximum atomic E-state index is 13.0. The average Bonchev–Trinajstić information content (AvgIpc) is 3.28. The number of ether oxygens (including phenoxy) is 1. The van der Waals surface area contributed by atoms with Gasteiger partial charge in [-0.05, 0) is 45.4 Å². The Morgan fingerprint density at radius 2 is 1.70 bits per heavy atom. The van der Waals surface area contributed by atoms with Crippen molar-refractivity contribution >= 4 is 5.91 Å². The quantitative estimate of drug-likeness (QED) is 0.427. The molecule has 0 unspecified atom stereocenters. The minimum absolute atomic E-state index is 0.195. The molecule has 0 aliphatic carbocycles. The van der Waals surface area contributed by atoms with Gasteiger partial charge in [-0.1, -0.05) is 47.6 Å². The molecule has 0 aliphatic heterocycles. The molecule has 1 N–H and O–H groups in total. The van der Waals surface area contributed by atoms with Gasteiger partial charge in [0.2, 0.25) is 0 Å². The molecule has 1 amide bonds. The van der Waals surface area contributed by atoms with Crippen LogP contribution in [0.3, 0.4) is 0 Å². The second-order valence-electron chi connectivity index (χ2n) is 8.06. The Morgan fingerprint density at radius 3 is 2.42 bits per heavy atom. The van der Waals surface area contributed by atoms with Gasteiger partial charge in [0, 0.05) is 17.8 Å². The van der Waals surface area contributed by atoms with Gasteiger partial charge in [-0.25, -0.2) is 0 Å². The third-order valence-corrected chi connectivity index (χ3v) is 5.82. The third-order valence-electron chi connectivity index (χ3n) is 5.82. The lowest BCUT2D eigenvalue weighted by atomic mass is 10.1. The number of carbonyl (C=O) groups excluding carboxylic acids is 1. The molecule has 4 rings (SSSR count). The number of amides is 1. The first-order valence-corrected chi connectivity index (χ1v) is 10.9. The van der Waals surface area contributed by atoms with Crippen molar-refractivity contribution in [1.82, 2.24) is 20.3 Å². The van der Waals surface area contributed by atoms with Crippen LogP contribution in [0.15, 0.2) is 59.1 Å². The normalized spacial score (nSPS) is 10.9. The van der Waals surface area contributed by atoms with Crippen LogP contribution in [0, 0.1) is 27.7 Å². The van der Waals surface area contributed by atoms with E-state index in [0.29, 0.717) is 30.2 Å². The van der Waals surface area contributed by atoms with Crippen LogP contribution in [0.25, 0.3) is 0 Å². The highest BCUT2D eigenvalue weighted by atomic mass is 16.5. The predicted molar refractivity (Wildman–Crippen MR) is 125 cm³/mol. The summed E-state index contributed by atoms with van der Waals surface area (Å²) in [4.78, 5) is 13.0. The van der Waals surface area contributed by atoms with E-state index in [4.69, 9.17) is 9.26 Å². The molecule has 170 valence electrons. The third kappa shape index (κ3) is 4.98. The molecule has 4 aromatic rings. The van der Waals surface area contributed by atoms with Crippen molar-refractivity contribution in [3.8, 4) is 5.75 Å². The number of para-hydroxylation sites is 1. The number of rotatable bonds is 8. The monoisotopic (exact) mass is 444 g/mol. The van der Waals surface area contributed by atoms with E-state index in [9.17, 15) is 4.79 Å². The summed E-state index contributed by atoms with van der Waals surface area (Å²) in [6.45, 7) is 9.09. The molecule has 0 saturated carbocycles. The van der Waals surface area contributed by atoms with E-state index in [1.807, 2.05) is 62.7 Å². The van der Waals surface area contributed by atoms with E-state index in [2.05, 4.69) is 27.7 Å². The van der Waals surface area contributed by atoms with E-state index < -0.39 is 0 Å². The summed E-state index contributed by atoms with van der Waals surface area (Å²) < 4.78 is 13.1. The largest absolute Gasteiger partial charge is 0.488 e. The van der Waals surface area contributed by atoms with Crippen LogP contribution in [0.5, 0.6) is 5.75 Å². The zero-order valence-corrected chi connectivity index (χ0v) is 19.4. The van der Waals surface area contributed by atoms with Crippen molar-refractivity contribution < 1.29 is 14.1 Å². The smallest absolute Gasteiger partial charge is 0.255 e. The van der Waals surface area contributed by atoms with Crippen LogP contribution in [-0.4, -0.2) is 20.8 Å². The molecule has 7 nitrogen and oxygen atoms in total. The molecule has 0 saturated heterocycles. The van der Waals surface area contributed by atoms with Gasteiger partial charge in [0.05, 0.1) is 29.1 Å². The van der Waals surface area contributed by atoms with E-state index in [1.165, 1.54) is 5.56 Å². The molecule has 0 bridgehead atoms. The molecule has 33 heavy (non-hydrogen) atoms. The molecule has 0 aliphatic rings. The van der Waals surface area contributed by atoms with Crippen molar-refractivity contribution in [1.29, 1.82) is 0 Å². The van der Waals surface area contributed by atoms with Crippen LogP contribution < -0.4 is 10.1 Å². The summed E-state index contributed by atoms with van der Waals surface area (Å²) in [6, 6.07) is 17.4. The van der Waals surface area contributed by atoms with Gasteiger partial charge in [0.15, 0.2) is 0 Å². The highest BCUT2D eigenvalue weighted by Gasteiger charge is 2.17. The topological polar surface area (TPSA) is 82.2 Å². The summed E-state index contributed by atoms with van der Waals surface area (Å²) >= 11 is 0. The Balaban J connectivity index is 1.44. The zero-order valence-electron chi connectivity index (χ0n) is 19.4. The number of hydrogen-bond donors (Lipinski definition) is 1. The van der Waals surface area contributed by atoms with Gasteiger partial charge in [0.25, 0.3) is 5.91 Å². The zero-order chi connectivity index (χ0) is 23.4. The van der Waals surface area contributed by atoms with E-state index in [-0.39, 0.29) is 12.5 Å². The van der Waals surface area contributed by atoms with Crippen molar-refractivity contribution in [2.24, 2.45) is 0 Å². The number of aromatic nitrogens is 3. The first kappa shape index (κ1) is 22.3. The Kier molecular flexibility index (Phi) is 6.58. The van der Waals surface area contributed by atoms with E-state index >= 15 is 0 Å². The van der Waals surface area contributed by atoms with Crippen molar-refractivity contribution in [2.45, 2.75) is 47.4 Å². The molecule has 2 aromatic heterocycles. The molecule has 0 radical (unpaired) electrons. The molecule has 7 heteroatoms. The number of aryl methyl sites for hydroxylation is 3. The van der Waals surface area contributed by atoms with Crippen LogP contribution >= 0.6 is 0 Å². The number of benzene rings is 2. The van der Waals surface area contributed by atoms with Gasteiger partial charge in [-0.3, -0.25) is 9.48 Å². The molecule has 0 atom stereocenters. The van der Waals surface area contributed by atoms with Crippen LogP contribution in [0.1, 0.15) is 49.9 Å². The Bertz CT molecular complexity index is 1240. The van der Waals surface area contributed by atoms with Crippen LogP contribution in [-0.2, 0) is 19.7 Å². The molecule has 0 spiro atoms. The summed E-state index contributed by atoms with van der Waals surface area (Å²) in [5.74, 6) is 1.04. The number of carbonyl (C=O) groups is 1. The van der Waals surface area contributed by atoms with E-state index in [0.717, 1.165) is 28.2 Å². The van der Waals surface area contributed by atoms with Gasteiger partial charge in [0.1, 0.15) is 18.1 Å². The molecular formula is C26H28N4O3. The number of nitrogens with zero attached hydrogens (tertiary/aromatic N) is 3. The van der Waals surface area contributed by atoms with Gasteiger partial charge in [-0.2, -0.15) is 5.10 Å². The molecule has 2 heterocycles. The summed E-state index contributed by atoms with van der Waals surface area (Å²) in [6.07, 6.45) is 0. The Hall–Kier alpha value is -3.87. The van der Waals surface area contributed by atoms with E-state index in [1.54, 1.807) is 12.1 Å². The van der Waals surface area contributed by atoms with Crippen LogP contribution in [0.2, 0.25) is 0 Å². The summed E-state index contributed by atoms with van der Waals surface area (Å²) in [7, 11) is 0. The molecular weight excluding hydrogens is 416 g/mol. The lowest BCUT2D eigenvalue weighted by molar-refractivity contribution is 0.0946. The number of hydrogen-bond acceptors (Lipinski definition) is 5. The first-order valence-electron chi connectivity index (χ1n) is 10.9. The molecule has 2 aromatic carbocycles. The fourth-order valence-corrected chi connectivity index (χ4v) is 3.80. The maximum absolute atomic E-state index is 13.0. The van der Waals surface area contributed by atoms with Crippen LogP contribution in [0.4, 0.5) is 0 Å². The highest BCUT2D eigenvalue weighted by Crippen LogP contribution is 2.22. The highest BCUT2D eigenvalue weighted by molar-refractivity contribution is 5.96. The molecule has 0 fully saturated rings. The van der Waals surface area contributed by atoms with Gasteiger partial charge >= 0.3 is 0 Å². The number of nitrogens with one attached hydrogen (secondary N) is 1. The van der Waals surface area contributed by atoms with Crippen molar-refractivity contribution in [3.63, 3.8) is 0 Å². The summed E-state index contributed by atoms with van der Waals surface area (Å²) in [5, 5.41) is 11.7. The fraction of sp³-hybridized carbons (Fsp3) is 0.269. The van der Waals surface area contributed by atoms with Crippen molar-refractivity contribution in [2.75, 3.05) is 0 Å². The lowest BCUT2D eigenvalue weighted by Crippen LogP contribution is -2.24. The van der Waals surface area contributed by atoms with Gasteiger partial charge in [-0.15, -0.1) is 0 Å². The second kappa shape index (κ2) is 9.73. The second-order valence-corrected chi connectivity index (χ2v) is 8.06. The summed E-state index contributed by atoms with van der Waals surface area (Å²) in [5.41, 5.74) is 6.31.